The largest absolute Gasteiger partial charge is 0.316 e. The van der Waals surface area contributed by atoms with Gasteiger partial charge in [-0.25, -0.2) is 0 Å². The molecule has 21 heavy (non-hydrogen) atoms. The van der Waals surface area contributed by atoms with Gasteiger partial charge in [0.05, 0.1) is 11.7 Å². The van der Waals surface area contributed by atoms with E-state index >= 15 is 0 Å². The Bertz CT molecular complexity index is 393. The monoisotopic (exact) mass is 291 g/mol. The van der Waals surface area contributed by atoms with Crippen molar-refractivity contribution >= 4 is 0 Å². The van der Waals surface area contributed by atoms with Crippen LogP contribution < -0.4 is 5.32 Å². The van der Waals surface area contributed by atoms with Crippen molar-refractivity contribution in [3.63, 3.8) is 0 Å². The van der Waals surface area contributed by atoms with Crippen LogP contribution in [0.4, 0.5) is 0 Å². The van der Waals surface area contributed by atoms with Crippen LogP contribution in [0.1, 0.15) is 71.0 Å². The highest BCUT2D eigenvalue weighted by Crippen LogP contribution is 2.27. The molecular weight excluding hydrogens is 258 g/mol. The molecule has 2 unspecified atom stereocenters. The first kappa shape index (κ1) is 16.5. The molecule has 1 aromatic rings. The Morgan fingerprint density at radius 3 is 2.71 bits per heavy atom. The molecule has 1 aliphatic carbocycles. The van der Waals surface area contributed by atoms with Gasteiger partial charge in [0.15, 0.2) is 0 Å². The van der Waals surface area contributed by atoms with Gasteiger partial charge >= 0.3 is 0 Å². The van der Waals surface area contributed by atoms with Crippen molar-refractivity contribution in [3.05, 3.63) is 18.0 Å². The van der Waals surface area contributed by atoms with Crippen molar-refractivity contribution in [2.24, 2.45) is 11.8 Å². The molecule has 0 bridgehead atoms. The fourth-order valence-corrected chi connectivity index (χ4v) is 3.27. The normalized spacial score (nSPS) is 19.6. The average Bonchev–Trinajstić information content (AvgIpc) is 2.97. The molecule has 1 aromatic heterocycles. The minimum Gasteiger partial charge on any atom is -0.316 e. The molecule has 0 saturated heterocycles. The van der Waals surface area contributed by atoms with Gasteiger partial charge in [0.1, 0.15) is 0 Å². The molecule has 1 saturated carbocycles. The smallest absolute Gasteiger partial charge is 0.0627 e. The van der Waals surface area contributed by atoms with Crippen molar-refractivity contribution in [1.82, 2.24) is 15.1 Å². The molecular formula is C18H33N3. The van der Waals surface area contributed by atoms with E-state index < -0.39 is 0 Å². The summed E-state index contributed by atoms with van der Waals surface area (Å²) in [5, 5.41) is 8.38. The maximum Gasteiger partial charge on any atom is 0.0627 e. The van der Waals surface area contributed by atoms with E-state index in [1.165, 1.54) is 44.2 Å². The maximum atomic E-state index is 4.85. The average molecular weight is 291 g/mol. The van der Waals surface area contributed by atoms with Crippen LogP contribution in [0.25, 0.3) is 0 Å². The summed E-state index contributed by atoms with van der Waals surface area (Å²) in [7, 11) is 0. The first-order valence-corrected chi connectivity index (χ1v) is 8.95. The molecule has 0 amide bonds. The molecule has 1 fully saturated rings. The van der Waals surface area contributed by atoms with Crippen molar-refractivity contribution in [3.8, 4) is 0 Å². The van der Waals surface area contributed by atoms with E-state index in [0.717, 1.165) is 19.5 Å². The van der Waals surface area contributed by atoms with Gasteiger partial charge < -0.3 is 5.32 Å². The van der Waals surface area contributed by atoms with Crippen LogP contribution in [-0.4, -0.2) is 22.9 Å². The molecule has 0 spiro atoms. The van der Waals surface area contributed by atoms with E-state index in [9.17, 15) is 0 Å². The Labute approximate surface area is 130 Å². The fourth-order valence-electron chi connectivity index (χ4n) is 3.27. The lowest BCUT2D eigenvalue weighted by molar-refractivity contribution is 0.324. The lowest BCUT2D eigenvalue weighted by Crippen LogP contribution is -2.26. The lowest BCUT2D eigenvalue weighted by Gasteiger charge is -2.22. The Balaban J connectivity index is 1.80. The number of hydrogen-bond donors (Lipinski definition) is 1. The highest BCUT2D eigenvalue weighted by atomic mass is 15.3. The third-order valence-electron chi connectivity index (χ3n) is 5.01. The second-order valence-electron chi connectivity index (χ2n) is 6.94. The zero-order chi connectivity index (χ0) is 15.1. The standard InChI is InChI=1S/C18H33N3/c1-4-11-19-14-16(3)15(2)13-17-10-12-21(20-17)18-8-6-5-7-9-18/h10,12,15-16,18-19H,4-9,11,13-14H2,1-3H3. The number of nitrogens with one attached hydrogen (secondary N) is 1. The van der Waals surface area contributed by atoms with Crippen LogP contribution in [0, 0.1) is 11.8 Å². The molecule has 2 atom stereocenters. The SMILES string of the molecule is CCCNCC(C)C(C)Cc1ccn(C2CCCCC2)n1. The first-order valence-electron chi connectivity index (χ1n) is 8.95. The highest BCUT2D eigenvalue weighted by Gasteiger charge is 2.18. The van der Waals surface area contributed by atoms with E-state index in [1.54, 1.807) is 0 Å². The first-order chi connectivity index (χ1) is 10.2. The quantitative estimate of drug-likeness (QED) is 0.727. The molecule has 3 heteroatoms. The summed E-state index contributed by atoms with van der Waals surface area (Å²) in [6.45, 7) is 9.19. The summed E-state index contributed by atoms with van der Waals surface area (Å²) in [5.41, 5.74) is 1.27. The van der Waals surface area contributed by atoms with Gasteiger partial charge in [-0.15, -0.1) is 0 Å². The van der Waals surface area contributed by atoms with Crippen LogP contribution in [-0.2, 0) is 6.42 Å². The summed E-state index contributed by atoms with van der Waals surface area (Å²) < 4.78 is 2.24. The Kier molecular flexibility index (Phi) is 6.75. The third kappa shape index (κ3) is 5.14. The summed E-state index contributed by atoms with van der Waals surface area (Å²) in [5.74, 6) is 1.39. The summed E-state index contributed by atoms with van der Waals surface area (Å²) in [6.07, 6.45) is 11.3. The Morgan fingerprint density at radius 2 is 2.00 bits per heavy atom. The van der Waals surface area contributed by atoms with Crippen LogP contribution in [0.15, 0.2) is 12.3 Å². The van der Waals surface area contributed by atoms with Gasteiger partial charge in [-0.05, 0) is 56.7 Å². The second kappa shape index (κ2) is 8.57. The van der Waals surface area contributed by atoms with E-state index in [1.807, 2.05) is 0 Å². The zero-order valence-corrected chi connectivity index (χ0v) is 14.1. The number of hydrogen-bond acceptors (Lipinski definition) is 2. The van der Waals surface area contributed by atoms with Crippen LogP contribution in [0.5, 0.6) is 0 Å². The third-order valence-corrected chi connectivity index (χ3v) is 5.01. The van der Waals surface area contributed by atoms with Crippen molar-refractivity contribution in [2.45, 2.75) is 71.8 Å². The van der Waals surface area contributed by atoms with Gasteiger partial charge in [-0.3, -0.25) is 4.68 Å². The van der Waals surface area contributed by atoms with Gasteiger partial charge in [0.2, 0.25) is 0 Å². The van der Waals surface area contributed by atoms with Gasteiger partial charge in [-0.1, -0.05) is 40.0 Å². The summed E-state index contributed by atoms with van der Waals surface area (Å²) >= 11 is 0. The molecule has 1 N–H and O–H groups in total. The molecule has 0 aliphatic heterocycles. The number of nitrogens with zero attached hydrogens (tertiary/aromatic N) is 2. The van der Waals surface area contributed by atoms with E-state index in [-0.39, 0.29) is 0 Å². The zero-order valence-electron chi connectivity index (χ0n) is 14.1. The van der Waals surface area contributed by atoms with E-state index in [0.29, 0.717) is 17.9 Å². The molecule has 1 aliphatic rings. The van der Waals surface area contributed by atoms with Gasteiger partial charge in [0, 0.05) is 6.20 Å². The minimum absolute atomic E-state index is 0.659. The van der Waals surface area contributed by atoms with E-state index in [2.05, 4.69) is 43.0 Å². The van der Waals surface area contributed by atoms with Crippen LogP contribution in [0.3, 0.4) is 0 Å². The Hall–Kier alpha value is -0.830. The predicted molar refractivity (Wildman–Crippen MR) is 89.5 cm³/mol. The number of aromatic nitrogens is 2. The summed E-state index contributed by atoms with van der Waals surface area (Å²) in [6, 6.07) is 2.89. The lowest BCUT2D eigenvalue weighted by atomic mass is 9.91. The van der Waals surface area contributed by atoms with E-state index in [4.69, 9.17) is 5.10 Å². The van der Waals surface area contributed by atoms with Gasteiger partial charge in [-0.2, -0.15) is 5.10 Å². The molecule has 0 radical (unpaired) electrons. The predicted octanol–water partition coefficient (Wildman–Crippen LogP) is 4.20. The number of rotatable bonds is 8. The van der Waals surface area contributed by atoms with Crippen molar-refractivity contribution < 1.29 is 0 Å². The fraction of sp³-hybridized carbons (Fsp3) is 0.833. The Morgan fingerprint density at radius 1 is 1.24 bits per heavy atom. The minimum atomic E-state index is 0.659. The van der Waals surface area contributed by atoms with Crippen LogP contribution in [0.2, 0.25) is 0 Å². The summed E-state index contributed by atoms with van der Waals surface area (Å²) in [4.78, 5) is 0. The van der Waals surface area contributed by atoms with Crippen LogP contribution >= 0.6 is 0 Å². The topological polar surface area (TPSA) is 29.9 Å². The highest BCUT2D eigenvalue weighted by molar-refractivity contribution is 5.01. The molecule has 120 valence electrons. The van der Waals surface area contributed by atoms with Gasteiger partial charge in [0.25, 0.3) is 0 Å². The molecule has 0 aromatic carbocycles. The van der Waals surface area contributed by atoms with Crippen molar-refractivity contribution in [1.29, 1.82) is 0 Å². The second-order valence-corrected chi connectivity index (χ2v) is 6.94. The maximum absolute atomic E-state index is 4.85. The molecule has 1 heterocycles. The molecule has 2 rings (SSSR count). The molecule has 3 nitrogen and oxygen atoms in total. The van der Waals surface area contributed by atoms with Crippen molar-refractivity contribution in [2.75, 3.05) is 13.1 Å².